The van der Waals surface area contributed by atoms with Gasteiger partial charge >= 0.3 is 0 Å². The maximum atomic E-state index is 6.25. The summed E-state index contributed by atoms with van der Waals surface area (Å²) in [6.45, 7) is 0. The minimum absolute atomic E-state index is 0.578. The molecule has 0 fully saturated rings. The summed E-state index contributed by atoms with van der Waals surface area (Å²) in [5.41, 5.74) is 2.80. The third-order valence-electron chi connectivity index (χ3n) is 3.56. The number of hydrogen-bond donors (Lipinski definition) is 0. The molecule has 0 bridgehead atoms. The number of benzene rings is 2. The largest absolute Gasteiger partial charge is 0.217 e. The molecular formula is C17H10Cl3N3S. The highest BCUT2D eigenvalue weighted by Crippen LogP contribution is 2.31. The second-order valence-corrected chi connectivity index (χ2v) is 7.60. The first-order valence-corrected chi connectivity index (χ1v) is 9.08. The van der Waals surface area contributed by atoms with Crippen LogP contribution >= 0.6 is 46.1 Å². The highest BCUT2D eigenvalue weighted by molar-refractivity contribution is 7.16. The summed E-state index contributed by atoms with van der Waals surface area (Å²) in [7, 11) is 0. The molecule has 4 rings (SSSR count). The Morgan fingerprint density at radius 3 is 2.42 bits per heavy atom. The van der Waals surface area contributed by atoms with Crippen molar-refractivity contribution in [3.05, 3.63) is 74.3 Å². The normalized spacial score (nSPS) is 11.3. The van der Waals surface area contributed by atoms with Crippen molar-refractivity contribution in [2.75, 3.05) is 0 Å². The van der Waals surface area contributed by atoms with E-state index in [2.05, 4.69) is 10.1 Å². The van der Waals surface area contributed by atoms with Gasteiger partial charge in [0.15, 0.2) is 0 Å². The van der Waals surface area contributed by atoms with E-state index in [-0.39, 0.29) is 0 Å². The lowest BCUT2D eigenvalue weighted by molar-refractivity contribution is 0.922. The van der Waals surface area contributed by atoms with Crippen molar-refractivity contribution in [1.29, 1.82) is 0 Å². The number of hydrogen-bond acceptors (Lipinski definition) is 3. The van der Waals surface area contributed by atoms with Gasteiger partial charge in [-0.05, 0) is 35.9 Å². The van der Waals surface area contributed by atoms with Crippen LogP contribution in [-0.2, 0) is 6.42 Å². The predicted molar refractivity (Wildman–Crippen MR) is 101 cm³/mol. The number of fused-ring (bicyclic) bond motifs is 1. The molecule has 2 heterocycles. The maximum absolute atomic E-state index is 6.25. The Labute approximate surface area is 157 Å². The zero-order chi connectivity index (χ0) is 16.7. The molecule has 0 radical (unpaired) electrons. The molecule has 0 saturated carbocycles. The molecule has 2 aromatic heterocycles. The van der Waals surface area contributed by atoms with E-state index in [1.807, 2.05) is 36.5 Å². The molecule has 4 aromatic rings. The van der Waals surface area contributed by atoms with Gasteiger partial charge in [0, 0.05) is 22.0 Å². The summed E-state index contributed by atoms with van der Waals surface area (Å²) in [5.74, 6) is 0. The van der Waals surface area contributed by atoms with Crippen LogP contribution in [0.25, 0.3) is 16.2 Å². The van der Waals surface area contributed by atoms with Crippen molar-refractivity contribution in [3.8, 4) is 11.3 Å². The standard InChI is InChI=1S/C17H10Cl3N3S/c18-11-3-1-10(2-4-11)7-16-22-23-9-15(21-17(23)24-16)13-6-5-12(19)8-14(13)20/h1-6,8-9H,7H2. The molecule has 2 aromatic carbocycles. The lowest BCUT2D eigenvalue weighted by atomic mass is 10.2. The number of rotatable bonds is 3. The average Bonchev–Trinajstić information content (AvgIpc) is 3.08. The summed E-state index contributed by atoms with van der Waals surface area (Å²) in [5, 5.41) is 7.51. The van der Waals surface area contributed by atoms with E-state index in [9.17, 15) is 0 Å². The van der Waals surface area contributed by atoms with Gasteiger partial charge < -0.3 is 0 Å². The van der Waals surface area contributed by atoms with Crippen molar-refractivity contribution in [2.45, 2.75) is 6.42 Å². The van der Waals surface area contributed by atoms with Crippen LogP contribution in [0.4, 0.5) is 0 Å². The SMILES string of the molecule is Clc1ccc(Cc2nn3cc(-c4ccc(Cl)cc4Cl)nc3s2)cc1. The van der Waals surface area contributed by atoms with Crippen molar-refractivity contribution in [1.82, 2.24) is 14.6 Å². The summed E-state index contributed by atoms with van der Waals surface area (Å²) in [4.78, 5) is 5.45. The first kappa shape index (κ1) is 15.9. The number of halogens is 3. The summed E-state index contributed by atoms with van der Waals surface area (Å²) < 4.78 is 1.79. The zero-order valence-electron chi connectivity index (χ0n) is 12.2. The third-order valence-corrected chi connectivity index (χ3v) is 5.28. The van der Waals surface area contributed by atoms with Gasteiger partial charge in [-0.15, -0.1) is 0 Å². The van der Waals surface area contributed by atoms with Crippen LogP contribution < -0.4 is 0 Å². The van der Waals surface area contributed by atoms with E-state index < -0.39 is 0 Å². The fraction of sp³-hybridized carbons (Fsp3) is 0.0588. The molecule has 24 heavy (non-hydrogen) atoms. The first-order valence-electron chi connectivity index (χ1n) is 7.13. The minimum atomic E-state index is 0.578. The van der Waals surface area contributed by atoms with Crippen LogP contribution in [0.15, 0.2) is 48.7 Å². The van der Waals surface area contributed by atoms with Crippen LogP contribution in [0.2, 0.25) is 15.1 Å². The van der Waals surface area contributed by atoms with Gasteiger partial charge in [0.25, 0.3) is 0 Å². The Hall–Kier alpha value is -1.59. The second kappa shape index (κ2) is 6.37. The third kappa shape index (κ3) is 3.15. The highest BCUT2D eigenvalue weighted by atomic mass is 35.5. The van der Waals surface area contributed by atoms with Gasteiger partial charge in [-0.25, -0.2) is 9.50 Å². The molecule has 0 N–H and O–H groups in total. The molecule has 120 valence electrons. The molecule has 0 aliphatic heterocycles. The van der Waals surface area contributed by atoms with E-state index >= 15 is 0 Å². The zero-order valence-corrected chi connectivity index (χ0v) is 15.3. The number of imidazole rings is 1. The molecule has 0 spiro atoms. The monoisotopic (exact) mass is 393 g/mol. The van der Waals surface area contributed by atoms with Gasteiger partial charge in [0.2, 0.25) is 4.96 Å². The number of nitrogens with zero attached hydrogens (tertiary/aromatic N) is 3. The van der Waals surface area contributed by atoms with Crippen LogP contribution in [0.1, 0.15) is 10.6 Å². The molecule has 0 amide bonds. The maximum Gasteiger partial charge on any atom is 0.212 e. The van der Waals surface area contributed by atoms with Crippen LogP contribution in [0.5, 0.6) is 0 Å². The van der Waals surface area contributed by atoms with Gasteiger partial charge in [-0.3, -0.25) is 0 Å². The Morgan fingerprint density at radius 2 is 1.71 bits per heavy atom. The van der Waals surface area contributed by atoms with Crippen molar-refractivity contribution in [3.63, 3.8) is 0 Å². The second-order valence-electron chi connectivity index (χ2n) is 5.28. The lowest BCUT2D eigenvalue weighted by Gasteiger charge is -2.00. The van der Waals surface area contributed by atoms with Crippen LogP contribution in [0, 0.1) is 0 Å². The molecule has 0 aliphatic carbocycles. The Bertz CT molecular complexity index is 990. The van der Waals surface area contributed by atoms with Crippen molar-refractivity contribution in [2.24, 2.45) is 0 Å². The lowest BCUT2D eigenvalue weighted by Crippen LogP contribution is -1.89. The fourth-order valence-electron chi connectivity index (χ4n) is 2.42. The smallest absolute Gasteiger partial charge is 0.212 e. The van der Waals surface area contributed by atoms with E-state index in [4.69, 9.17) is 34.8 Å². The summed E-state index contributed by atoms with van der Waals surface area (Å²) >= 11 is 19.7. The van der Waals surface area contributed by atoms with Gasteiger partial charge in [0.05, 0.1) is 16.9 Å². The predicted octanol–water partition coefficient (Wildman–Crippen LogP) is 6.01. The van der Waals surface area contributed by atoms with Crippen molar-refractivity contribution >= 4 is 51.1 Å². The Morgan fingerprint density at radius 1 is 0.958 bits per heavy atom. The first-order chi connectivity index (χ1) is 11.6. The van der Waals surface area contributed by atoms with E-state index in [0.717, 1.165) is 38.2 Å². The quantitative estimate of drug-likeness (QED) is 0.426. The fourth-order valence-corrected chi connectivity index (χ4v) is 3.96. The molecule has 0 unspecified atom stereocenters. The molecule has 3 nitrogen and oxygen atoms in total. The van der Waals surface area contributed by atoms with E-state index in [1.54, 1.807) is 28.0 Å². The minimum Gasteiger partial charge on any atom is -0.217 e. The number of aromatic nitrogens is 3. The summed E-state index contributed by atoms with van der Waals surface area (Å²) in [6.07, 6.45) is 2.63. The molecule has 7 heteroatoms. The van der Waals surface area contributed by atoms with E-state index in [1.165, 1.54) is 0 Å². The van der Waals surface area contributed by atoms with Gasteiger partial charge in [-0.1, -0.05) is 58.3 Å². The van der Waals surface area contributed by atoms with Crippen LogP contribution in [-0.4, -0.2) is 14.6 Å². The Kier molecular flexibility index (Phi) is 4.22. The van der Waals surface area contributed by atoms with Gasteiger partial charge in [0.1, 0.15) is 5.01 Å². The van der Waals surface area contributed by atoms with Crippen LogP contribution in [0.3, 0.4) is 0 Å². The Balaban J connectivity index is 1.64. The summed E-state index contributed by atoms with van der Waals surface area (Å²) in [6, 6.07) is 13.2. The average molecular weight is 395 g/mol. The van der Waals surface area contributed by atoms with E-state index in [0.29, 0.717) is 10.0 Å². The molecule has 0 atom stereocenters. The van der Waals surface area contributed by atoms with Gasteiger partial charge in [-0.2, -0.15) is 5.10 Å². The van der Waals surface area contributed by atoms with Crippen molar-refractivity contribution < 1.29 is 0 Å². The molecular weight excluding hydrogens is 385 g/mol. The molecule has 0 saturated heterocycles. The highest BCUT2D eigenvalue weighted by Gasteiger charge is 2.12. The molecule has 0 aliphatic rings. The topological polar surface area (TPSA) is 30.2 Å².